The molecule has 0 aliphatic heterocycles. The molecule has 0 aliphatic carbocycles. The first-order valence-electron chi connectivity index (χ1n) is 10.4. The van der Waals surface area contributed by atoms with E-state index in [1.165, 1.54) is 55.6 Å². The van der Waals surface area contributed by atoms with Crippen molar-refractivity contribution >= 4 is 20.0 Å². The molecular weight excluding hydrogens is 552 g/mol. The summed E-state index contributed by atoms with van der Waals surface area (Å²) >= 11 is 0. The van der Waals surface area contributed by atoms with Crippen LogP contribution >= 0.6 is 0 Å². The summed E-state index contributed by atoms with van der Waals surface area (Å²) in [5, 5.41) is 8.12. The number of nitrogens with two attached hydrogens (primary N) is 1. The number of nitrogens with zero attached hydrogens (tertiary/aromatic N) is 2. The Morgan fingerprint density at radius 3 is 1.87 bits per heavy atom. The topological polar surface area (TPSA) is 133 Å². The summed E-state index contributed by atoms with van der Waals surface area (Å²) in [4.78, 5) is 2.39. The van der Waals surface area contributed by atoms with Gasteiger partial charge in [-0.1, -0.05) is 36.4 Å². The third kappa shape index (κ3) is 7.08. The molecule has 0 atom stereocenters. The SMILES string of the molecule is COc1ccc(-c2cc(C(F)(F)F)nn2NS(=O)(=O)c2ccccc2)cc1F.NS(=O)(=O)c1ccccc1. The molecule has 4 aromatic rings. The van der Waals surface area contributed by atoms with Crippen molar-refractivity contribution in [3.05, 3.63) is 96.4 Å². The minimum atomic E-state index is -4.83. The van der Waals surface area contributed by atoms with E-state index in [-0.39, 0.29) is 26.8 Å². The van der Waals surface area contributed by atoms with E-state index in [0.717, 1.165) is 6.07 Å². The number of alkyl halides is 3. The van der Waals surface area contributed by atoms with E-state index in [1.54, 1.807) is 24.3 Å². The van der Waals surface area contributed by atoms with Crippen LogP contribution in [0.15, 0.2) is 94.7 Å². The molecule has 0 unspecified atom stereocenters. The molecule has 9 nitrogen and oxygen atoms in total. The van der Waals surface area contributed by atoms with Crippen LogP contribution in [-0.4, -0.2) is 33.8 Å². The lowest BCUT2D eigenvalue weighted by atomic mass is 10.1. The fourth-order valence-electron chi connectivity index (χ4n) is 3.00. The summed E-state index contributed by atoms with van der Waals surface area (Å²) in [6.07, 6.45) is -4.83. The molecule has 1 aromatic heterocycles. The zero-order chi connectivity index (χ0) is 28.1. The van der Waals surface area contributed by atoms with E-state index in [2.05, 4.69) is 5.10 Å². The monoisotopic (exact) mass is 572 g/mol. The van der Waals surface area contributed by atoms with Crippen molar-refractivity contribution < 1.29 is 39.1 Å². The number of halogens is 4. The van der Waals surface area contributed by atoms with Crippen LogP contribution in [0, 0.1) is 5.82 Å². The first-order valence-corrected chi connectivity index (χ1v) is 13.4. The molecule has 0 saturated heterocycles. The second-order valence-corrected chi connectivity index (χ2v) is 10.7. The van der Waals surface area contributed by atoms with Crippen molar-refractivity contribution in [1.82, 2.24) is 9.89 Å². The first-order chi connectivity index (χ1) is 17.7. The molecule has 15 heteroatoms. The number of sulfonamides is 2. The molecule has 38 heavy (non-hydrogen) atoms. The van der Waals surface area contributed by atoms with Gasteiger partial charge in [-0.15, -0.1) is 5.10 Å². The zero-order valence-electron chi connectivity index (χ0n) is 19.4. The maximum Gasteiger partial charge on any atom is 0.435 e. The number of benzene rings is 3. The highest BCUT2D eigenvalue weighted by molar-refractivity contribution is 7.92. The van der Waals surface area contributed by atoms with Gasteiger partial charge in [-0.3, -0.25) is 0 Å². The van der Waals surface area contributed by atoms with Crippen LogP contribution in [0.2, 0.25) is 0 Å². The number of hydrogen-bond donors (Lipinski definition) is 2. The Balaban J connectivity index is 0.000000336. The Morgan fingerprint density at radius 2 is 1.42 bits per heavy atom. The molecule has 1 heterocycles. The van der Waals surface area contributed by atoms with Gasteiger partial charge in [0, 0.05) is 5.56 Å². The lowest BCUT2D eigenvalue weighted by Gasteiger charge is -2.12. The quantitative estimate of drug-likeness (QED) is 0.336. The number of primary sulfonamides is 1. The van der Waals surface area contributed by atoms with Gasteiger partial charge in [0.05, 0.1) is 22.6 Å². The molecule has 4 rings (SSSR count). The largest absolute Gasteiger partial charge is 0.494 e. The summed E-state index contributed by atoms with van der Waals surface area (Å²) < 4.78 is 104. The van der Waals surface area contributed by atoms with Crippen LogP contribution in [0.5, 0.6) is 5.75 Å². The van der Waals surface area contributed by atoms with E-state index in [0.29, 0.717) is 10.9 Å². The predicted octanol–water partition coefficient (Wildman–Crippen LogP) is 3.98. The Labute approximate surface area is 215 Å². The van der Waals surface area contributed by atoms with Crippen LogP contribution in [0.25, 0.3) is 11.3 Å². The minimum Gasteiger partial charge on any atom is -0.494 e. The van der Waals surface area contributed by atoms with E-state index in [4.69, 9.17) is 9.88 Å². The van der Waals surface area contributed by atoms with E-state index in [1.807, 2.05) is 4.83 Å². The summed E-state index contributed by atoms with van der Waals surface area (Å²) in [5.41, 5.74) is -1.67. The van der Waals surface area contributed by atoms with Gasteiger partial charge in [-0.05, 0) is 48.5 Å². The molecule has 0 spiro atoms. The number of hydrogen-bond acceptors (Lipinski definition) is 6. The number of aromatic nitrogens is 2. The molecule has 0 aliphatic rings. The zero-order valence-corrected chi connectivity index (χ0v) is 21.1. The number of methoxy groups -OCH3 is 1. The van der Waals surface area contributed by atoms with Gasteiger partial charge < -0.3 is 4.74 Å². The Bertz CT molecular complexity index is 1610. The van der Waals surface area contributed by atoms with Crippen LogP contribution < -0.4 is 14.7 Å². The molecule has 3 aromatic carbocycles. The van der Waals surface area contributed by atoms with Crippen LogP contribution in [-0.2, 0) is 26.2 Å². The molecule has 0 radical (unpaired) electrons. The van der Waals surface area contributed by atoms with E-state index >= 15 is 0 Å². The van der Waals surface area contributed by atoms with Gasteiger partial charge in [-0.25, -0.2) is 17.9 Å². The van der Waals surface area contributed by atoms with Crippen LogP contribution in [0.3, 0.4) is 0 Å². The van der Waals surface area contributed by atoms with Crippen molar-refractivity contribution in [2.24, 2.45) is 5.14 Å². The molecular formula is C23H20F4N4O5S2. The third-order valence-electron chi connectivity index (χ3n) is 4.78. The van der Waals surface area contributed by atoms with Gasteiger partial charge in [0.2, 0.25) is 10.0 Å². The van der Waals surface area contributed by atoms with Crippen LogP contribution in [0.4, 0.5) is 17.6 Å². The van der Waals surface area contributed by atoms with Gasteiger partial charge in [-0.2, -0.15) is 31.2 Å². The Kier molecular flexibility index (Phi) is 8.44. The average Bonchev–Trinajstić information content (AvgIpc) is 3.29. The van der Waals surface area contributed by atoms with E-state index in [9.17, 15) is 34.4 Å². The van der Waals surface area contributed by atoms with Gasteiger partial charge in [0.25, 0.3) is 10.0 Å². The molecule has 0 saturated carbocycles. The van der Waals surface area contributed by atoms with Crippen molar-refractivity contribution in [2.45, 2.75) is 16.0 Å². The maximum absolute atomic E-state index is 14.0. The molecule has 3 N–H and O–H groups in total. The summed E-state index contributed by atoms with van der Waals surface area (Å²) in [7, 11) is -6.50. The molecule has 0 amide bonds. The number of rotatable bonds is 6. The first kappa shape index (κ1) is 28.6. The molecule has 0 fully saturated rings. The van der Waals surface area contributed by atoms with Crippen molar-refractivity contribution in [1.29, 1.82) is 0 Å². The highest BCUT2D eigenvalue weighted by Gasteiger charge is 2.36. The fraction of sp³-hybridized carbons (Fsp3) is 0.0870. The number of nitrogens with one attached hydrogen (secondary N) is 1. The summed E-state index contributed by atoms with van der Waals surface area (Å²) in [5.74, 6) is -0.942. The maximum atomic E-state index is 14.0. The lowest BCUT2D eigenvalue weighted by Crippen LogP contribution is -2.25. The van der Waals surface area contributed by atoms with Crippen molar-refractivity contribution in [3.8, 4) is 17.0 Å². The van der Waals surface area contributed by atoms with E-state index < -0.39 is 37.7 Å². The Hall–Kier alpha value is -3.95. The highest BCUT2D eigenvalue weighted by atomic mass is 32.2. The van der Waals surface area contributed by atoms with Gasteiger partial charge >= 0.3 is 6.18 Å². The van der Waals surface area contributed by atoms with Gasteiger partial charge in [0.1, 0.15) is 0 Å². The second kappa shape index (κ2) is 11.2. The van der Waals surface area contributed by atoms with Crippen LogP contribution in [0.1, 0.15) is 5.69 Å². The standard InChI is InChI=1S/C17H13F4N3O3S.C6H7NO2S/c1-27-15-8-7-11(9-13(15)18)14-10-16(17(19,20)21)22-24(14)23-28(25,26)12-5-3-2-4-6-12;7-10(8,9)6-4-2-1-3-5-6/h2-10,23H,1H3;1-5H,(H2,7,8,9). The lowest BCUT2D eigenvalue weighted by molar-refractivity contribution is -0.141. The number of ether oxygens (including phenoxy) is 1. The summed E-state index contributed by atoms with van der Waals surface area (Å²) in [6.45, 7) is 0. The average molecular weight is 573 g/mol. The normalized spacial score (nSPS) is 11.8. The predicted molar refractivity (Wildman–Crippen MR) is 130 cm³/mol. The minimum absolute atomic E-state index is 0.0305. The third-order valence-corrected chi connectivity index (χ3v) is 7.01. The smallest absolute Gasteiger partial charge is 0.435 e. The highest BCUT2D eigenvalue weighted by Crippen LogP contribution is 2.33. The fourth-order valence-corrected chi connectivity index (χ4v) is 4.52. The van der Waals surface area contributed by atoms with Gasteiger partial charge in [0.15, 0.2) is 17.3 Å². The molecule has 0 bridgehead atoms. The van der Waals surface area contributed by atoms with Crippen molar-refractivity contribution in [3.63, 3.8) is 0 Å². The molecule has 202 valence electrons. The summed E-state index contributed by atoms with van der Waals surface area (Å²) in [6, 6.07) is 19.0. The van der Waals surface area contributed by atoms with Crippen molar-refractivity contribution in [2.75, 3.05) is 11.9 Å². The second-order valence-electron chi connectivity index (χ2n) is 7.44. The Morgan fingerprint density at radius 1 is 0.868 bits per heavy atom.